The van der Waals surface area contributed by atoms with Crippen molar-refractivity contribution in [1.82, 2.24) is 0 Å². The minimum Gasteiger partial charge on any atom is -0.286 e. The van der Waals surface area contributed by atoms with Gasteiger partial charge in [-0.3, -0.25) is 4.79 Å². The van der Waals surface area contributed by atoms with E-state index in [0.29, 0.717) is 21.2 Å². The Morgan fingerprint density at radius 3 is 2.56 bits per heavy atom. The van der Waals surface area contributed by atoms with Gasteiger partial charge < -0.3 is 0 Å². The number of alkyl halides is 1. The first kappa shape index (κ1) is 27.3. The van der Waals surface area contributed by atoms with E-state index in [1.807, 2.05) is 0 Å². The number of carbonyl (C=O) groups is 1. The van der Waals surface area contributed by atoms with Gasteiger partial charge in [-0.15, -0.1) is 0 Å². The highest BCUT2D eigenvalue weighted by molar-refractivity contribution is 9.10. The zero-order valence-electron chi connectivity index (χ0n) is 22.5. The van der Waals surface area contributed by atoms with Crippen LogP contribution in [0.2, 0.25) is 0 Å². The molecule has 0 aromatic heterocycles. The lowest BCUT2D eigenvalue weighted by atomic mass is 9.47. The van der Waals surface area contributed by atoms with E-state index in [1.165, 1.54) is 89.9 Å². The molecule has 0 N–H and O–H groups in total. The highest BCUT2D eigenvalue weighted by atomic mass is 79.9. The van der Waals surface area contributed by atoms with Crippen molar-refractivity contribution in [1.29, 1.82) is 0 Å². The van der Waals surface area contributed by atoms with E-state index in [2.05, 4.69) is 49.7 Å². The molecule has 0 unspecified atom stereocenters. The molecule has 0 heterocycles. The predicted octanol–water partition coefficient (Wildman–Crippen LogP) is 10.1. The number of carbonyl (C=O) groups excluding carboxylic acids is 1. The fraction of sp³-hybridized carbons (Fsp3) is 0.903. The van der Waals surface area contributed by atoms with Crippen molar-refractivity contribution in [2.24, 2.45) is 34.5 Å². The minimum absolute atomic E-state index is 0.0261. The molecule has 4 aliphatic carbocycles. The van der Waals surface area contributed by atoms with Crippen molar-refractivity contribution in [3.05, 3.63) is 11.6 Å². The Morgan fingerprint density at radius 2 is 1.79 bits per heavy atom. The van der Waals surface area contributed by atoms with Gasteiger partial charge in [0.05, 0.1) is 4.83 Å². The quantitative estimate of drug-likeness (QED) is 0.153. The molecule has 4 rings (SSSR count). The molecule has 0 radical (unpaired) electrons. The molecule has 0 spiro atoms. The van der Waals surface area contributed by atoms with Gasteiger partial charge in [0.2, 0.25) is 5.12 Å². The summed E-state index contributed by atoms with van der Waals surface area (Å²) in [4.78, 5) is 12.6. The van der Waals surface area contributed by atoms with Crippen LogP contribution in [0.1, 0.15) is 130 Å². The first-order valence-corrected chi connectivity index (χ1v) is 16.7. The van der Waals surface area contributed by atoms with Crippen LogP contribution in [0.4, 0.5) is 0 Å². The number of thioether (sulfide) groups is 1. The Kier molecular flexibility index (Phi) is 9.42. The fourth-order valence-corrected chi connectivity index (χ4v) is 10.4. The van der Waals surface area contributed by atoms with Crippen molar-refractivity contribution in [2.75, 3.05) is 0 Å². The Balaban J connectivity index is 1.37. The molecule has 0 aromatic rings. The van der Waals surface area contributed by atoms with Gasteiger partial charge in [0.15, 0.2) is 0 Å². The van der Waals surface area contributed by atoms with E-state index in [4.69, 9.17) is 0 Å². The average Bonchev–Trinajstić information content (AvgIpc) is 3.17. The smallest absolute Gasteiger partial charge is 0.202 e. The van der Waals surface area contributed by atoms with Crippen LogP contribution >= 0.6 is 27.7 Å². The summed E-state index contributed by atoms with van der Waals surface area (Å²) in [7, 11) is 0. The molecule has 34 heavy (non-hydrogen) atoms. The molecule has 3 fully saturated rings. The number of halogens is 1. The van der Waals surface area contributed by atoms with Gasteiger partial charge >= 0.3 is 0 Å². The average molecular weight is 552 g/mol. The van der Waals surface area contributed by atoms with Crippen LogP contribution in [-0.4, -0.2) is 15.2 Å². The molecule has 4 aliphatic rings. The van der Waals surface area contributed by atoms with Crippen LogP contribution in [0.15, 0.2) is 11.6 Å². The molecule has 0 aromatic carbocycles. The summed E-state index contributed by atoms with van der Waals surface area (Å²) in [5.74, 6) is 3.74. The molecule has 1 nitrogen and oxygen atoms in total. The van der Waals surface area contributed by atoms with Crippen molar-refractivity contribution >= 4 is 32.8 Å². The largest absolute Gasteiger partial charge is 0.286 e. The standard InChI is InChI=1S/C31H51BrOS/c1-5-7-8-9-10-11-12-22-14-16-26-25-15-13-23-21-24(34-29(33)28(32)6-2)17-19-31(23,4)27(25)18-20-30(22,26)3/h13,22,24-28H,5-12,14-21H2,1-4H3/t22-,24-,25+,26-,27+,28+,30+,31-/m0/s1. The highest BCUT2D eigenvalue weighted by Gasteiger charge is 2.58. The first-order chi connectivity index (χ1) is 16.3. The second kappa shape index (κ2) is 11.7. The summed E-state index contributed by atoms with van der Waals surface area (Å²) in [6, 6.07) is 0. The Labute approximate surface area is 223 Å². The number of unbranched alkanes of at least 4 members (excludes halogenated alkanes) is 5. The lowest BCUT2D eigenvalue weighted by Gasteiger charge is -2.58. The van der Waals surface area contributed by atoms with Crippen LogP contribution in [-0.2, 0) is 4.79 Å². The second-order valence-corrected chi connectivity index (χ2v) is 15.2. The highest BCUT2D eigenvalue weighted by Crippen LogP contribution is 2.67. The number of hydrogen-bond donors (Lipinski definition) is 0. The second-order valence-electron chi connectivity index (χ2n) is 12.8. The molecule has 3 heteroatoms. The lowest BCUT2D eigenvalue weighted by molar-refractivity contribution is -0.110. The third kappa shape index (κ3) is 5.41. The normalized spacial score (nSPS) is 40.1. The fourth-order valence-electron chi connectivity index (χ4n) is 8.89. The van der Waals surface area contributed by atoms with Crippen molar-refractivity contribution < 1.29 is 4.79 Å². The van der Waals surface area contributed by atoms with E-state index in [-0.39, 0.29) is 4.83 Å². The summed E-state index contributed by atoms with van der Waals surface area (Å²) in [5.41, 5.74) is 2.73. The van der Waals surface area contributed by atoms with E-state index in [0.717, 1.165) is 36.5 Å². The third-order valence-electron chi connectivity index (χ3n) is 11.1. The van der Waals surface area contributed by atoms with Crippen molar-refractivity contribution in [3.8, 4) is 0 Å². The monoisotopic (exact) mass is 550 g/mol. The van der Waals surface area contributed by atoms with Crippen molar-refractivity contribution in [3.63, 3.8) is 0 Å². The minimum atomic E-state index is 0.0261. The molecular weight excluding hydrogens is 500 g/mol. The molecule has 3 saturated carbocycles. The number of hydrogen-bond acceptors (Lipinski definition) is 2. The lowest BCUT2D eigenvalue weighted by Crippen LogP contribution is -2.50. The zero-order valence-corrected chi connectivity index (χ0v) is 25.0. The Hall–Kier alpha value is 0.240. The molecule has 0 aliphatic heterocycles. The Bertz CT molecular complexity index is 733. The van der Waals surface area contributed by atoms with E-state index in [1.54, 1.807) is 17.3 Å². The first-order valence-electron chi connectivity index (χ1n) is 14.9. The summed E-state index contributed by atoms with van der Waals surface area (Å²) >= 11 is 5.21. The van der Waals surface area contributed by atoms with Gasteiger partial charge in [-0.2, -0.15) is 0 Å². The molecule has 0 saturated heterocycles. The van der Waals surface area contributed by atoms with E-state index in [9.17, 15) is 4.79 Å². The molecule has 8 atom stereocenters. The van der Waals surface area contributed by atoms with Gasteiger partial charge in [-0.1, -0.05) is 106 Å². The zero-order chi connectivity index (χ0) is 24.3. The van der Waals surface area contributed by atoms with Gasteiger partial charge in [-0.25, -0.2) is 0 Å². The van der Waals surface area contributed by atoms with Gasteiger partial charge in [0.25, 0.3) is 0 Å². The summed E-state index contributed by atoms with van der Waals surface area (Å²) < 4.78 is 0. The molecule has 194 valence electrons. The topological polar surface area (TPSA) is 17.1 Å². The van der Waals surface area contributed by atoms with Crippen LogP contribution in [0.25, 0.3) is 0 Å². The van der Waals surface area contributed by atoms with Crippen molar-refractivity contribution in [2.45, 2.75) is 141 Å². The van der Waals surface area contributed by atoms with E-state index >= 15 is 0 Å². The summed E-state index contributed by atoms with van der Waals surface area (Å²) in [5, 5.41) is 0.846. The summed E-state index contributed by atoms with van der Waals surface area (Å²) in [6.45, 7) is 9.73. The number of rotatable bonds is 10. The maximum atomic E-state index is 12.5. The number of fused-ring (bicyclic) bond motifs is 5. The maximum absolute atomic E-state index is 12.5. The van der Waals surface area contributed by atoms with Crippen LogP contribution in [0, 0.1) is 34.5 Å². The van der Waals surface area contributed by atoms with Gasteiger partial charge in [-0.05, 0) is 98.7 Å². The molecule has 0 bridgehead atoms. The van der Waals surface area contributed by atoms with Crippen LogP contribution in [0.3, 0.4) is 0 Å². The maximum Gasteiger partial charge on any atom is 0.202 e. The Morgan fingerprint density at radius 1 is 1.03 bits per heavy atom. The van der Waals surface area contributed by atoms with Crippen LogP contribution < -0.4 is 0 Å². The predicted molar refractivity (Wildman–Crippen MR) is 153 cm³/mol. The SMILES string of the molecule is CCCCCCCC[C@H]1CC[C@H]2[C@H]3CC=C4C[C@@H](SC(=O)[C@H](Br)CC)CC[C@]4(C)[C@@H]3CC[C@]12C. The number of allylic oxidation sites excluding steroid dienone is 2. The van der Waals surface area contributed by atoms with Crippen LogP contribution in [0.5, 0.6) is 0 Å². The molecule has 0 amide bonds. The summed E-state index contributed by atoms with van der Waals surface area (Å²) in [6.07, 6.45) is 24.6. The third-order valence-corrected chi connectivity index (χ3v) is 13.7. The van der Waals surface area contributed by atoms with Gasteiger partial charge in [0, 0.05) is 5.25 Å². The van der Waals surface area contributed by atoms with E-state index < -0.39 is 0 Å². The molecular formula is C31H51BrOS. The van der Waals surface area contributed by atoms with Gasteiger partial charge in [0.1, 0.15) is 0 Å².